The Balaban J connectivity index is 2.20. The van der Waals surface area contributed by atoms with E-state index in [4.69, 9.17) is 4.74 Å². The second-order valence-electron chi connectivity index (χ2n) is 5.43. The van der Waals surface area contributed by atoms with Gasteiger partial charge in [0.25, 0.3) is 0 Å². The molecule has 0 unspecified atom stereocenters. The highest BCUT2D eigenvalue weighted by Gasteiger charge is 2.07. The standard InChI is InChI=1S/C17H22N2O/c1-12(2)19-11-15-6-5-7-18-17(15)20-16-9-13(3)8-14(4)10-16/h5-10,12,19H,11H2,1-4H3. The summed E-state index contributed by atoms with van der Waals surface area (Å²) in [5, 5.41) is 3.39. The van der Waals surface area contributed by atoms with Gasteiger partial charge in [0.05, 0.1) is 0 Å². The van der Waals surface area contributed by atoms with Crippen LogP contribution in [0.2, 0.25) is 0 Å². The van der Waals surface area contributed by atoms with Gasteiger partial charge >= 0.3 is 0 Å². The molecule has 0 aliphatic heterocycles. The monoisotopic (exact) mass is 270 g/mol. The fraction of sp³-hybridized carbons (Fsp3) is 0.353. The molecule has 1 aromatic heterocycles. The second-order valence-corrected chi connectivity index (χ2v) is 5.43. The average Bonchev–Trinajstić information content (AvgIpc) is 2.36. The van der Waals surface area contributed by atoms with Crippen LogP contribution < -0.4 is 10.1 Å². The van der Waals surface area contributed by atoms with Crippen molar-refractivity contribution in [2.75, 3.05) is 0 Å². The van der Waals surface area contributed by atoms with Crippen LogP contribution in [0.1, 0.15) is 30.5 Å². The van der Waals surface area contributed by atoms with Crippen molar-refractivity contribution >= 4 is 0 Å². The molecule has 106 valence electrons. The van der Waals surface area contributed by atoms with Gasteiger partial charge in [0.2, 0.25) is 5.88 Å². The van der Waals surface area contributed by atoms with E-state index in [1.807, 2.05) is 24.3 Å². The summed E-state index contributed by atoms with van der Waals surface area (Å²) in [6, 6.07) is 10.6. The van der Waals surface area contributed by atoms with Crippen molar-refractivity contribution in [3.8, 4) is 11.6 Å². The molecule has 1 N–H and O–H groups in total. The van der Waals surface area contributed by atoms with E-state index in [0.717, 1.165) is 17.9 Å². The van der Waals surface area contributed by atoms with Crippen LogP contribution in [0.3, 0.4) is 0 Å². The van der Waals surface area contributed by atoms with Crippen LogP contribution in [0.5, 0.6) is 11.6 Å². The molecular formula is C17H22N2O. The predicted molar refractivity (Wildman–Crippen MR) is 82.2 cm³/mol. The summed E-state index contributed by atoms with van der Waals surface area (Å²) in [6.45, 7) is 9.15. The minimum atomic E-state index is 0.435. The van der Waals surface area contributed by atoms with Crippen molar-refractivity contribution in [2.45, 2.75) is 40.3 Å². The van der Waals surface area contributed by atoms with Crippen molar-refractivity contribution in [1.29, 1.82) is 0 Å². The van der Waals surface area contributed by atoms with Gasteiger partial charge in [0, 0.05) is 24.3 Å². The first-order chi connectivity index (χ1) is 9.54. The minimum Gasteiger partial charge on any atom is -0.439 e. The maximum atomic E-state index is 5.95. The van der Waals surface area contributed by atoms with Gasteiger partial charge in [-0.25, -0.2) is 4.98 Å². The van der Waals surface area contributed by atoms with Crippen LogP contribution in [0.25, 0.3) is 0 Å². The molecule has 0 bridgehead atoms. The van der Waals surface area contributed by atoms with E-state index in [1.54, 1.807) is 6.20 Å². The fourth-order valence-electron chi connectivity index (χ4n) is 2.07. The van der Waals surface area contributed by atoms with Crippen LogP contribution in [-0.4, -0.2) is 11.0 Å². The third-order valence-corrected chi connectivity index (χ3v) is 2.96. The highest BCUT2D eigenvalue weighted by atomic mass is 16.5. The summed E-state index contributed by atoms with van der Waals surface area (Å²) in [4.78, 5) is 4.35. The first kappa shape index (κ1) is 14.5. The summed E-state index contributed by atoms with van der Waals surface area (Å²) >= 11 is 0. The van der Waals surface area contributed by atoms with E-state index in [0.29, 0.717) is 11.9 Å². The molecular weight excluding hydrogens is 248 g/mol. The van der Waals surface area contributed by atoms with Crippen molar-refractivity contribution in [1.82, 2.24) is 10.3 Å². The number of aromatic nitrogens is 1. The van der Waals surface area contributed by atoms with Crippen molar-refractivity contribution in [2.24, 2.45) is 0 Å². The van der Waals surface area contributed by atoms with Gasteiger partial charge in [-0.15, -0.1) is 0 Å². The Morgan fingerprint density at radius 3 is 2.50 bits per heavy atom. The Morgan fingerprint density at radius 1 is 1.15 bits per heavy atom. The van der Waals surface area contributed by atoms with E-state index in [2.05, 4.69) is 44.1 Å². The predicted octanol–water partition coefficient (Wildman–Crippen LogP) is 3.99. The van der Waals surface area contributed by atoms with Crippen LogP contribution in [0.15, 0.2) is 36.5 Å². The summed E-state index contributed by atoms with van der Waals surface area (Å²) < 4.78 is 5.95. The summed E-state index contributed by atoms with van der Waals surface area (Å²) in [5.74, 6) is 1.51. The number of nitrogens with one attached hydrogen (secondary N) is 1. The topological polar surface area (TPSA) is 34.1 Å². The van der Waals surface area contributed by atoms with Crippen molar-refractivity contribution in [3.63, 3.8) is 0 Å². The number of rotatable bonds is 5. The number of benzene rings is 1. The molecule has 0 saturated heterocycles. The molecule has 0 aliphatic carbocycles. The smallest absolute Gasteiger partial charge is 0.223 e. The molecule has 0 fully saturated rings. The molecule has 0 radical (unpaired) electrons. The van der Waals surface area contributed by atoms with Crippen LogP contribution in [0, 0.1) is 13.8 Å². The van der Waals surface area contributed by atoms with E-state index < -0.39 is 0 Å². The van der Waals surface area contributed by atoms with Crippen molar-refractivity contribution in [3.05, 3.63) is 53.2 Å². The molecule has 0 saturated carbocycles. The van der Waals surface area contributed by atoms with Gasteiger partial charge < -0.3 is 10.1 Å². The number of hydrogen-bond donors (Lipinski definition) is 1. The van der Waals surface area contributed by atoms with Crippen LogP contribution >= 0.6 is 0 Å². The Labute approximate surface area is 121 Å². The molecule has 3 nitrogen and oxygen atoms in total. The summed E-state index contributed by atoms with van der Waals surface area (Å²) in [6.07, 6.45) is 1.76. The number of pyridine rings is 1. The SMILES string of the molecule is Cc1cc(C)cc(Oc2ncccc2CNC(C)C)c1. The normalized spacial score (nSPS) is 10.8. The van der Waals surface area contributed by atoms with Gasteiger partial charge in [-0.05, 0) is 43.2 Å². The molecule has 0 spiro atoms. The molecule has 2 aromatic rings. The zero-order chi connectivity index (χ0) is 14.5. The lowest BCUT2D eigenvalue weighted by atomic mass is 10.1. The number of ether oxygens (including phenoxy) is 1. The third-order valence-electron chi connectivity index (χ3n) is 2.96. The van der Waals surface area contributed by atoms with Gasteiger partial charge in [0.15, 0.2) is 0 Å². The summed E-state index contributed by atoms with van der Waals surface area (Å²) in [5.41, 5.74) is 3.45. The Hall–Kier alpha value is -1.87. The van der Waals surface area contributed by atoms with E-state index >= 15 is 0 Å². The average molecular weight is 270 g/mol. The van der Waals surface area contributed by atoms with Gasteiger partial charge in [0.1, 0.15) is 5.75 Å². The maximum absolute atomic E-state index is 5.95. The van der Waals surface area contributed by atoms with Gasteiger partial charge in [-0.3, -0.25) is 0 Å². The van der Waals surface area contributed by atoms with E-state index in [9.17, 15) is 0 Å². The van der Waals surface area contributed by atoms with Gasteiger partial charge in [-0.1, -0.05) is 26.0 Å². The Bertz CT molecular complexity index is 559. The van der Waals surface area contributed by atoms with Crippen LogP contribution in [-0.2, 0) is 6.54 Å². The molecule has 1 aromatic carbocycles. The molecule has 1 heterocycles. The lowest BCUT2D eigenvalue weighted by molar-refractivity contribution is 0.449. The zero-order valence-corrected chi connectivity index (χ0v) is 12.6. The first-order valence-corrected chi connectivity index (χ1v) is 6.98. The lowest BCUT2D eigenvalue weighted by Gasteiger charge is -2.13. The number of hydrogen-bond acceptors (Lipinski definition) is 3. The largest absolute Gasteiger partial charge is 0.439 e. The maximum Gasteiger partial charge on any atom is 0.223 e. The fourth-order valence-corrected chi connectivity index (χ4v) is 2.07. The zero-order valence-electron chi connectivity index (χ0n) is 12.6. The minimum absolute atomic E-state index is 0.435. The highest BCUT2D eigenvalue weighted by Crippen LogP contribution is 2.24. The molecule has 2 rings (SSSR count). The molecule has 0 aliphatic rings. The highest BCUT2D eigenvalue weighted by molar-refractivity contribution is 5.37. The molecule has 3 heteroatoms. The lowest BCUT2D eigenvalue weighted by Crippen LogP contribution is -2.22. The first-order valence-electron chi connectivity index (χ1n) is 6.98. The molecule has 20 heavy (non-hydrogen) atoms. The van der Waals surface area contributed by atoms with E-state index in [1.165, 1.54) is 11.1 Å². The molecule has 0 amide bonds. The number of nitrogens with zero attached hydrogens (tertiary/aromatic N) is 1. The van der Waals surface area contributed by atoms with Crippen molar-refractivity contribution < 1.29 is 4.74 Å². The third kappa shape index (κ3) is 4.07. The Morgan fingerprint density at radius 2 is 1.85 bits per heavy atom. The quantitative estimate of drug-likeness (QED) is 0.892. The van der Waals surface area contributed by atoms with Gasteiger partial charge in [-0.2, -0.15) is 0 Å². The number of aryl methyl sites for hydroxylation is 2. The summed E-state index contributed by atoms with van der Waals surface area (Å²) in [7, 11) is 0. The van der Waals surface area contributed by atoms with Crippen LogP contribution in [0.4, 0.5) is 0 Å². The van der Waals surface area contributed by atoms with E-state index in [-0.39, 0.29) is 0 Å². The Kier molecular flexibility index (Phi) is 4.74. The second kappa shape index (κ2) is 6.53. The molecule has 0 atom stereocenters.